The Balaban J connectivity index is 2.23. The molecule has 1 heterocycles. The summed E-state index contributed by atoms with van der Waals surface area (Å²) in [6.45, 7) is 2.95. The van der Waals surface area contributed by atoms with E-state index >= 15 is 0 Å². The predicted molar refractivity (Wildman–Crippen MR) is 79.7 cm³/mol. The van der Waals surface area contributed by atoms with Gasteiger partial charge in [0.1, 0.15) is 0 Å². The molecule has 1 aromatic rings. The van der Waals surface area contributed by atoms with Crippen LogP contribution in [-0.2, 0) is 4.74 Å². The Labute approximate surface area is 124 Å². The number of benzene rings is 1. The van der Waals surface area contributed by atoms with Gasteiger partial charge in [0.25, 0.3) is 5.91 Å². The number of carbonyl (C=O) groups is 1. The van der Waals surface area contributed by atoms with Gasteiger partial charge in [-0.25, -0.2) is 0 Å². The van der Waals surface area contributed by atoms with Gasteiger partial charge in [-0.1, -0.05) is 24.0 Å². The summed E-state index contributed by atoms with van der Waals surface area (Å²) in [7, 11) is 0. The Morgan fingerprint density at radius 2 is 2.24 bits per heavy atom. The fraction of sp³-hybridized carbons (Fsp3) is 0.438. The largest absolute Gasteiger partial charge is 0.394 e. The van der Waals surface area contributed by atoms with Crippen LogP contribution in [0.5, 0.6) is 0 Å². The minimum atomic E-state index is -0.333. The molecule has 0 radical (unpaired) electrons. The Kier molecular flexibility index (Phi) is 5.34. The summed E-state index contributed by atoms with van der Waals surface area (Å²) in [4.78, 5) is 14.4. The molecule has 1 aromatic carbocycles. The molecule has 0 spiro atoms. The summed E-state index contributed by atoms with van der Waals surface area (Å²) in [5.74, 6) is 5.61. The lowest BCUT2D eigenvalue weighted by Gasteiger charge is -2.36. The highest BCUT2D eigenvalue weighted by Gasteiger charge is 2.29. The number of ether oxygens (including phenoxy) is 1. The van der Waals surface area contributed by atoms with E-state index in [0.29, 0.717) is 24.2 Å². The van der Waals surface area contributed by atoms with Crippen LogP contribution in [0.25, 0.3) is 0 Å². The lowest BCUT2D eigenvalue weighted by molar-refractivity contribution is -0.0858. The maximum Gasteiger partial charge on any atom is 0.255 e. The topological polar surface area (TPSA) is 75.8 Å². The first-order valence-electron chi connectivity index (χ1n) is 6.99. The first-order chi connectivity index (χ1) is 10.2. The zero-order valence-electron chi connectivity index (χ0n) is 12.1. The maximum atomic E-state index is 12.7. The first kappa shape index (κ1) is 15.5. The molecule has 5 heteroatoms. The molecule has 1 saturated heterocycles. The van der Waals surface area contributed by atoms with Crippen molar-refractivity contribution in [2.45, 2.75) is 19.1 Å². The van der Waals surface area contributed by atoms with E-state index in [0.717, 1.165) is 0 Å². The number of morpholine rings is 1. The van der Waals surface area contributed by atoms with E-state index < -0.39 is 0 Å². The molecule has 1 aliphatic heterocycles. The Bertz CT molecular complexity index is 562. The smallest absolute Gasteiger partial charge is 0.255 e. The van der Waals surface area contributed by atoms with Crippen molar-refractivity contribution in [2.75, 3.05) is 26.2 Å². The standard InChI is InChI=1S/C16H20N2O3/c1-12-9-18(10-14(11-19)21-12)16(20)15-7-3-2-5-13(15)6-4-8-17/h2-3,5,7,12,14,19H,8-11,17H2,1H3. The van der Waals surface area contributed by atoms with Crippen molar-refractivity contribution in [3.63, 3.8) is 0 Å². The van der Waals surface area contributed by atoms with Crippen LogP contribution >= 0.6 is 0 Å². The lowest BCUT2D eigenvalue weighted by atomic mass is 10.1. The van der Waals surface area contributed by atoms with Crippen molar-refractivity contribution in [2.24, 2.45) is 5.73 Å². The highest BCUT2D eigenvalue weighted by Crippen LogP contribution is 2.16. The molecule has 2 rings (SSSR count). The predicted octanol–water partition coefficient (Wildman–Crippen LogP) is 0.219. The van der Waals surface area contributed by atoms with Gasteiger partial charge in [-0.15, -0.1) is 0 Å². The summed E-state index contributed by atoms with van der Waals surface area (Å²) < 4.78 is 5.56. The van der Waals surface area contributed by atoms with Crippen molar-refractivity contribution < 1.29 is 14.6 Å². The summed E-state index contributed by atoms with van der Waals surface area (Å²) in [6, 6.07) is 7.23. The molecule has 0 aliphatic carbocycles. The molecule has 2 unspecified atom stereocenters. The molecule has 112 valence electrons. The maximum absolute atomic E-state index is 12.7. The number of nitrogens with two attached hydrogens (primary N) is 1. The van der Waals surface area contributed by atoms with Gasteiger partial charge in [-0.3, -0.25) is 4.79 Å². The average molecular weight is 288 g/mol. The molecule has 0 saturated carbocycles. The third kappa shape index (κ3) is 3.82. The van der Waals surface area contributed by atoms with Crippen molar-refractivity contribution in [1.82, 2.24) is 4.90 Å². The van der Waals surface area contributed by atoms with Crippen molar-refractivity contribution in [3.05, 3.63) is 35.4 Å². The second-order valence-corrected chi connectivity index (χ2v) is 5.01. The van der Waals surface area contributed by atoms with Gasteiger partial charge in [-0.05, 0) is 19.1 Å². The second-order valence-electron chi connectivity index (χ2n) is 5.01. The van der Waals surface area contributed by atoms with E-state index in [4.69, 9.17) is 10.5 Å². The van der Waals surface area contributed by atoms with Gasteiger partial charge in [0, 0.05) is 18.7 Å². The molecule has 2 atom stereocenters. The van der Waals surface area contributed by atoms with Crippen molar-refractivity contribution in [3.8, 4) is 11.8 Å². The van der Waals surface area contributed by atoms with Crippen molar-refractivity contribution in [1.29, 1.82) is 0 Å². The Hall–Kier alpha value is -1.87. The molecule has 0 aromatic heterocycles. The summed E-state index contributed by atoms with van der Waals surface area (Å²) in [5.41, 5.74) is 6.62. The molecule has 21 heavy (non-hydrogen) atoms. The summed E-state index contributed by atoms with van der Waals surface area (Å²) in [5, 5.41) is 9.25. The monoisotopic (exact) mass is 288 g/mol. The Morgan fingerprint density at radius 1 is 1.48 bits per heavy atom. The number of aliphatic hydroxyl groups is 1. The van der Waals surface area contributed by atoms with E-state index in [2.05, 4.69) is 11.8 Å². The molecular formula is C16H20N2O3. The van der Waals surface area contributed by atoms with E-state index in [1.807, 2.05) is 25.1 Å². The second kappa shape index (κ2) is 7.23. The van der Waals surface area contributed by atoms with Gasteiger partial charge < -0.3 is 20.5 Å². The fourth-order valence-electron chi connectivity index (χ4n) is 2.41. The Morgan fingerprint density at radius 3 is 2.95 bits per heavy atom. The van der Waals surface area contributed by atoms with E-state index in [-0.39, 0.29) is 31.3 Å². The van der Waals surface area contributed by atoms with E-state index in [1.54, 1.807) is 11.0 Å². The summed E-state index contributed by atoms with van der Waals surface area (Å²) in [6.07, 6.45) is -0.429. The zero-order chi connectivity index (χ0) is 15.2. The van der Waals surface area contributed by atoms with Gasteiger partial charge >= 0.3 is 0 Å². The number of nitrogens with zero attached hydrogens (tertiary/aromatic N) is 1. The van der Waals surface area contributed by atoms with E-state index in [9.17, 15) is 9.90 Å². The molecule has 1 amide bonds. The zero-order valence-corrected chi connectivity index (χ0v) is 12.1. The molecular weight excluding hydrogens is 268 g/mol. The molecule has 0 bridgehead atoms. The number of hydrogen-bond donors (Lipinski definition) is 2. The number of amides is 1. The van der Waals surface area contributed by atoms with Gasteiger partial charge in [0.2, 0.25) is 0 Å². The first-order valence-corrected chi connectivity index (χ1v) is 6.99. The van der Waals surface area contributed by atoms with Crippen molar-refractivity contribution >= 4 is 5.91 Å². The van der Waals surface area contributed by atoms with Gasteiger partial charge in [-0.2, -0.15) is 0 Å². The fourth-order valence-corrected chi connectivity index (χ4v) is 2.41. The number of hydrogen-bond acceptors (Lipinski definition) is 4. The molecule has 1 aliphatic rings. The van der Waals surface area contributed by atoms with Gasteiger partial charge in [0.15, 0.2) is 0 Å². The van der Waals surface area contributed by atoms with Crippen LogP contribution in [-0.4, -0.2) is 54.4 Å². The van der Waals surface area contributed by atoms with Crippen LogP contribution in [0, 0.1) is 11.8 Å². The SMILES string of the molecule is CC1CN(C(=O)c2ccccc2C#CCN)CC(CO)O1. The van der Waals surface area contributed by atoms with Gasteiger partial charge in [0.05, 0.1) is 30.9 Å². The molecule has 1 fully saturated rings. The lowest BCUT2D eigenvalue weighted by Crippen LogP contribution is -2.50. The molecule has 5 nitrogen and oxygen atoms in total. The number of rotatable bonds is 2. The highest BCUT2D eigenvalue weighted by atomic mass is 16.5. The number of aliphatic hydroxyl groups excluding tert-OH is 1. The minimum Gasteiger partial charge on any atom is -0.394 e. The molecule has 3 N–H and O–H groups in total. The quantitative estimate of drug-likeness (QED) is 0.763. The van der Waals surface area contributed by atoms with Crippen LogP contribution < -0.4 is 5.73 Å². The highest BCUT2D eigenvalue weighted by molar-refractivity contribution is 5.96. The third-order valence-electron chi connectivity index (χ3n) is 3.30. The van der Waals surface area contributed by atoms with Crippen LogP contribution in [0.4, 0.5) is 0 Å². The number of carbonyl (C=O) groups excluding carboxylic acids is 1. The summed E-state index contributed by atoms with van der Waals surface area (Å²) >= 11 is 0. The van der Waals surface area contributed by atoms with Crippen LogP contribution in [0.2, 0.25) is 0 Å². The average Bonchev–Trinajstić information content (AvgIpc) is 2.51. The normalized spacial score (nSPS) is 21.6. The van der Waals surface area contributed by atoms with Crippen LogP contribution in [0.3, 0.4) is 0 Å². The third-order valence-corrected chi connectivity index (χ3v) is 3.30. The van der Waals surface area contributed by atoms with Crippen LogP contribution in [0.15, 0.2) is 24.3 Å². The minimum absolute atomic E-state index is 0.0921. The van der Waals surface area contributed by atoms with Crippen LogP contribution in [0.1, 0.15) is 22.8 Å². The van der Waals surface area contributed by atoms with E-state index in [1.165, 1.54) is 0 Å².